The van der Waals surface area contributed by atoms with Crippen LogP contribution in [0.1, 0.15) is 10.6 Å². The van der Waals surface area contributed by atoms with Gasteiger partial charge in [0.25, 0.3) is 0 Å². The molecule has 0 atom stereocenters. The quantitative estimate of drug-likeness (QED) is 0.865. The van der Waals surface area contributed by atoms with Crippen molar-refractivity contribution in [2.45, 2.75) is 0 Å². The SMILES string of the molecule is O=C(O)c1nccc(Nc2ccc3c(c2)OCO3)n1. The maximum atomic E-state index is 10.8. The van der Waals surface area contributed by atoms with E-state index in [1.54, 1.807) is 24.3 Å². The smallest absolute Gasteiger partial charge is 0.374 e. The average molecular weight is 259 g/mol. The fraction of sp³-hybridized carbons (Fsp3) is 0.0833. The standard InChI is InChI=1S/C12H9N3O4/c16-12(17)11-13-4-3-10(15-11)14-7-1-2-8-9(5-7)19-6-18-8/h1-5H,6H2,(H,16,17)(H,13,14,15). The van der Waals surface area contributed by atoms with Crippen LogP contribution in [0.15, 0.2) is 30.5 Å². The number of aromatic nitrogens is 2. The van der Waals surface area contributed by atoms with E-state index in [1.807, 2.05) is 0 Å². The number of hydrogen-bond acceptors (Lipinski definition) is 6. The molecule has 1 aliphatic heterocycles. The van der Waals surface area contributed by atoms with Crippen LogP contribution in [-0.2, 0) is 0 Å². The monoisotopic (exact) mass is 259 g/mol. The van der Waals surface area contributed by atoms with E-state index in [1.165, 1.54) is 6.20 Å². The van der Waals surface area contributed by atoms with Crippen molar-refractivity contribution >= 4 is 17.5 Å². The second-order valence-electron chi connectivity index (χ2n) is 3.76. The molecule has 2 aromatic rings. The lowest BCUT2D eigenvalue weighted by atomic mass is 10.3. The number of rotatable bonds is 3. The normalized spacial score (nSPS) is 12.2. The molecule has 7 nitrogen and oxygen atoms in total. The van der Waals surface area contributed by atoms with Crippen LogP contribution in [0.2, 0.25) is 0 Å². The molecule has 3 rings (SSSR count). The molecule has 1 aromatic carbocycles. The Hall–Kier alpha value is -2.83. The fourth-order valence-corrected chi connectivity index (χ4v) is 1.65. The van der Waals surface area contributed by atoms with E-state index in [0.29, 0.717) is 17.3 Å². The number of carboxylic acids is 1. The Morgan fingerprint density at radius 1 is 1.26 bits per heavy atom. The minimum absolute atomic E-state index is 0.204. The van der Waals surface area contributed by atoms with Crippen molar-refractivity contribution in [1.82, 2.24) is 9.97 Å². The lowest BCUT2D eigenvalue weighted by Crippen LogP contribution is -2.05. The van der Waals surface area contributed by atoms with Gasteiger partial charge in [-0.3, -0.25) is 0 Å². The average Bonchev–Trinajstić information content (AvgIpc) is 2.86. The number of nitrogens with zero attached hydrogens (tertiary/aromatic N) is 2. The van der Waals surface area contributed by atoms with Crippen LogP contribution in [0.3, 0.4) is 0 Å². The van der Waals surface area contributed by atoms with Gasteiger partial charge in [-0.1, -0.05) is 0 Å². The second-order valence-corrected chi connectivity index (χ2v) is 3.76. The molecular weight excluding hydrogens is 250 g/mol. The number of ether oxygens (including phenoxy) is 2. The lowest BCUT2D eigenvalue weighted by molar-refractivity contribution is 0.0683. The predicted octanol–water partition coefficient (Wildman–Crippen LogP) is 1.65. The van der Waals surface area contributed by atoms with Gasteiger partial charge in [0.15, 0.2) is 11.5 Å². The van der Waals surface area contributed by atoms with Crippen molar-refractivity contribution in [1.29, 1.82) is 0 Å². The number of carboxylic acid groups (broad SMARTS) is 1. The van der Waals surface area contributed by atoms with Crippen molar-refractivity contribution in [2.24, 2.45) is 0 Å². The third kappa shape index (κ3) is 2.25. The molecule has 0 amide bonds. The van der Waals surface area contributed by atoms with E-state index in [-0.39, 0.29) is 12.6 Å². The third-order valence-electron chi connectivity index (χ3n) is 2.49. The minimum atomic E-state index is -1.17. The molecule has 19 heavy (non-hydrogen) atoms. The summed E-state index contributed by atoms with van der Waals surface area (Å²) in [5.74, 6) is 0.281. The molecule has 0 spiro atoms. The zero-order valence-corrected chi connectivity index (χ0v) is 9.66. The number of anilines is 2. The van der Waals surface area contributed by atoms with E-state index in [4.69, 9.17) is 14.6 Å². The van der Waals surface area contributed by atoms with Gasteiger partial charge in [-0.05, 0) is 18.2 Å². The summed E-state index contributed by atoms with van der Waals surface area (Å²) < 4.78 is 10.5. The van der Waals surface area contributed by atoms with Gasteiger partial charge in [-0.2, -0.15) is 0 Å². The molecular formula is C12H9N3O4. The Morgan fingerprint density at radius 3 is 2.95 bits per heavy atom. The van der Waals surface area contributed by atoms with Gasteiger partial charge in [0.2, 0.25) is 12.6 Å². The summed E-state index contributed by atoms with van der Waals surface area (Å²) in [6.45, 7) is 0.204. The summed E-state index contributed by atoms with van der Waals surface area (Å²) in [6.07, 6.45) is 1.38. The Labute approximate surface area is 107 Å². The Morgan fingerprint density at radius 2 is 2.11 bits per heavy atom. The highest BCUT2D eigenvalue weighted by Crippen LogP contribution is 2.34. The molecule has 0 bridgehead atoms. The molecule has 0 fully saturated rings. The van der Waals surface area contributed by atoms with E-state index in [0.717, 1.165) is 5.69 Å². The number of hydrogen-bond donors (Lipinski definition) is 2. The minimum Gasteiger partial charge on any atom is -0.475 e. The number of benzene rings is 1. The molecule has 1 aliphatic rings. The zero-order chi connectivity index (χ0) is 13.2. The Balaban J connectivity index is 1.85. The molecule has 0 saturated heterocycles. The van der Waals surface area contributed by atoms with Crippen LogP contribution in [0, 0.1) is 0 Å². The highest BCUT2D eigenvalue weighted by atomic mass is 16.7. The highest BCUT2D eigenvalue weighted by molar-refractivity contribution is 5.83. The van der Waals surface area contributed by atoms with Crippen molar-refractivity contribution in [3.8, 4) is 11.5 Å². The first-order chi connectivity index (χ1) is 9.22. The third-order valence-corrected chi connectivity index (χ3v) is 2.49. The van der Waals surface area contributed by atoms with E-state index in [2.05, 4.69) is 15.3 Å². The first-order valence-corrected chi connectivity index (χ1v) is 5.45. The highest BCUT2D eigenvalue weighted by Gasteiger charge is 2.13. The predicted molar refractivity (Wildman–Crippen MR) is 64.8 cm³/mol. The number of carbonyl (C=O) groups is 1. The second kappa shape index (κ2) is 4.45. The summed E-state index contributed by atoms with van der Waals surface area (Å²) in [7, 11) is 0. The van der Waals surface area contributed by atoms with Gasteiger partial charge in [-0.25, -0.2) is 14.8 Å². The zero-order valence-electron chi connectivity index (χ0n) is 9.66. The first-order valence-electron chi connectivity index (χ1n) is 5.45. The summed E-state index contributed by atoms with van der Waals surface area (Å²) in [5, 5.41) is 11.8. The molecule has 2 N–H and O–H groups in total. The fourth-order valence-electron chi connectivity index (χ4n) is 1.65. The first kappa shape index (κ1) is 11.3. The van der Waals surface area contributed by atoms with Crippen LogP contribution in [-0.4, -0.2) is 27.8 Å². The van der Waals surface area contributed by atoms with Crippen molar-refractivity contribution < 1.29 is 19.4 Å². The number of fused-ring (bicyclic) bond motifs is 1. The Kier molecular flexibility index (Phi) is 2.64. The lowest BCUT2D eigenvalue weighted by Gasteiger charge is -2.06. The van der Waals surface area contributed by atoms with E-state index in [9.17, 15) is 4.79 Å². The van der Waals surface area contributed by atoms with Crippen LogP contribution in [0.5, 0.6) is 11.5 Å². The van der Waals surface area contributed by atoms with Crippen LogP contribution >= 0.6 is 0 Å². The van der Waals surface area contributed by atoms with Crippen LogP contribution < -0.4 is 14.8 Å². The molecule has 96 valence electrons. The molecule has 0 unspecified atom stereocenters. The van der Waals surface area contributed by atoms with Crippen molar-refractivity contribution in [2.75, 3.05) is 12.1 Å². The molecule has 0 aliphatic carbocycles. The van der Waals surface area contributed by atoms with Gasteiger partial charge in [0, 0.05) is 18.0 Å². The van der Waals surface area contributed by atoms with Gasteiger partial charge in [0.1, 0.15) is 5.82 Å². The van der Waals surface area contributed by atoms with Gasteiger partial charge in [0.05, 0.1) is 0 Å². The van der Waals surface area contributed by atoms with Crippen LogP contribution in [0.4, 0.5) is 11.5 Å². The van der Waals surface area contributed by atoms with Crippen LogP contribution in [0.25, 0.3) is 0 Å². The molecule has 0 radical (unpaired) electrons. The Bertz CT molecular complexity index is 645. The molecule has 0 saturated carbocycles. The van der Waals surface area contributed by atoms with Crippen molar-refractivity contribution in [3.05, 3.63) is 36.3 Å². The largest absolute Gasteiger partial charge is 0.475 e. The topological polar surface area (TPSA) is 93.6 Å². The number of nitrogens with one attached hydrogen (secondary N) is 1. The maximum absolute atomic E-state index is 10.8. The van der Waals surface area contributed by atoms with Crippen molar-refractivity contribution in [3.63, 3.8) is 0 Å². The maximum Gasteiger partial charge on any atom is 0.374 e. The summed E-state index contributed by atoms with van der Waals surface area (Å²) >= 11 is 0. The molecule has 7 heteroatoms. The number of aromatic carboxylic acids is 1. The van der Waals surface area contributed by atoms with E-state index >= 15 is 0 Å². The van der Waals surface area contributed by atoms with E-state index < -0.39 is 5.97 Å². The van der Waals surface area contributed by atoms with Gasteiger partial charge < -0.3 is 19.9 Å². The van der Waals surface area contributed by atoms with Gasteiger partial charge >= 0.3 is 5.97 Å². The molecule has 2 heterocycles. The summed E-state index contributed by atoms with van der Waals surface area (Å²) in [6, 6.07) is 6.89. The summed E-state index contributed by atoms with van der Waals surface area (Å²) in [5.41, 5.74) is 0.722. The molecule has 1 aromatic heterocycles. The summed E-state index contributed by atoms with van der Waals surface area (Å²) in [4.78, 5) is 18.3. The van der Waals surface area contributed by atoms with Gasteiger partial charge in [-0.15, -0.1) is 0 Å².